The maximum atomic E-state index is 12.0. The lowest BCUT2D eigenvalue weighted by Crippen LogP contribution is -2.11. The molecule has 5 nitrogen and oxygen atoms in total. The van der Waals surface area contributed by atoms with Crippen LogP contribution in [0, 0.1) is 0 Å². The highest BCUT2D eigenvalue weighted by Crippen LogP contribution is 2.29. The maximum Gasteiger partial charge on any atom is 0.342 e. The van der Waals surface area contributed by atoms with Crippen LogP contribution in [0.4, 0.5) is 5.69 Å². The zero-order valence-electron chi connectivity index (χ0n) is 9.38. The fourth-order valence-corrected chi connectivity index (χ4v) is 2.88. The number of hydrogen-bond donors (Lipinski definition) is 1. The van der Waals surface area contributed by atoms with Crippen LogP contribution in [0.15, 0.2) is 41.4 Å². The summed E-state index contributed by atoms with van der Waals surface area (Å²) in [6.45, 7) is 0. The summed E-state index contributed by atoms with van der Waals surface area (Å²) in [5.41, 5.74) is 5.73. The Kier molecular flexibility index (Phi) is 3.84. The highest BCUT2D eigenvalue weighted by atomic mass is 35.5. The van der Waals surface area contributed by atoms with E-state index in [1.54, 1.807) is 0 Å². The van der Waals surface area contributed by atoms with Crippen molar-refractivity contribution in [1.82, 2.24) is 4.98 Å². The van der Waals surface area contributed by atoms with Gasteiger partial charge in [0.15, 0.2) is 10.9 Å². The SMILES string of the molecule is Nc1cc(Cl)ccc1OS(=O)(=O)c1cccnc1Cl. The number of pyridine rings is 1. The number of nitrogen functional groups attached to an aromatic ring is 1. The van der Waals surface area contributed by atoms with Crippen molar-refractivity contribution in [2.75, 3.05) is 5.73 Å². The van der Waals surface area contributed by atoms with E-state index >= 15 is 0 Å². The molecule has 0 bridgehead atoms. The van der Waals surface area contributed by atoms with Crippen LogP contribution in [-0.2, 0) is 10.1 Å². The molecule has 1 aromatic carbocycles. The minimum absolute atomic E-state index is 0.0238. The van der Waals surface area contributed by atoms with Crippen molar-refractivity contribution in [3.05, 3.63) is 46.7 Å². The number of hydrogen-bond acceptors (Lipinski definition) is 5. The minimum atomic E-state index is -4.10. The summed E-state index contributed by atoms with van der Waals surface area (Å²) >= 11 is 11.4. The number of aromatic nitrogens is 1. The number of benzene rings is 1. The lowest BCUT2D eigenvalue weighted by Gasteiger charge is -2.09. The van der Waals surface area contributed by atoms with Gasteiger partial charge in [-0.2, -0.15) is 8.42 Å². The molecule has 19 heavy (non-hydrogen) atoms. The summed E-state index contributed by atoms with van der Waals surface area (Å²) in [5.74, 6) is -0.0238. The molecule has 0 radical (unpaired) electrons. The van der Waals surface area contributed by atoms with Crippen molar-refractivity contribution in [3.8, 4) is 5.75 Å². The fraction of sp³-hybridized carbons (Fsp3) is 0. The van der Waals surface area contributed by atoms with Gasteiger partial charge in [0.2, 0.25) is 0 Å². The first-order chi connectivity index (χ1) is 8.90. The molecule has 0 atom stereocenters. The Morgan fingerprint density at radius 2 is 1.95 bits per heavy atom. The molecule has 0 saturated heterocycles. The van der Waals surface area contributed by atoms with Crippen molar-refractivity contribution >= 4 is 39.0 Å². The Hall–Kier alpha value is -1.50. The van der Waals surface area contributed by atoms with Crippen molar-refractivity contribution in [2.24, 2.45) is 0 Å². The molecule has 0 aliphatic carbocycles. The van der Waals surface area contributed by atoms with Crippen LogP contribution in [0.1, 0.15) is 0 Å². The average molecular weight is 319 g/mol. The standard InChI is InChI=1S/C11H8Cl2N2O3S/c12-7-3-4-9(8(14)6-7)18-19(16,17)10-2-1-5-15-11(10)13/h1-6H,14H2. The van der Waals surface area contributed by atoms with E-state index in [1.165, 1.54) is 36.5 Å². The molecule has 2 rings (SSSR count). The molecule has 1 heterocycles. The molecule has 0 spiro atoms. The molecule has 2 N–H and O–H groups in total. The summed E-state index contributed by atoms with van der Waals surface area (Å²) in [4.78, 5) is 3.45. The van der Waals surface area contributed by atoms with Crippen LogP contribution < -0.4 is 9.92 Å². The molecule has 0 amide bonds. The quantitative estimate of drug-likeness (QED) is 0.534. The Labute approximate surface area is 120 Å². The number of halogens is 2. The van der Waals surface area contributed by atoms with E-state index < -0.39 is 10.1 Å². The van der Waals surface area contributed by atoms with Gasteiger partial charge >= 0.3 is 10.1 Å². The molecule has 1 aromatic heterocycles. The molecule has 2 aromatic rings. The van der Waals surface area contributed by atoms with E-state index in [0.717, 1.165) is 0 Å². The predicted molar refractivity (Wildman–Crippen MR) is 72.9 cm³/mol. The summed E-state index contributed by atoms with van der Waals surface area (Å²) in [6, 6.07) is 6.94. The molecular formula is C11H8Cl2N2O3S. The van der Waals surface area contributed by atoms with Crippen LogP contribution in [0.5, 0.6) is 5.75 Å². The number of rotatable bonds is 3. The molecule has 0 saturated carbocycles. The molecular weight excluding hydrogens is 311 g/mol. The van der Waals surface area contributed by atoms with E-state index in [0.29, 0.717) is 5.02 Å². The highest BCUT2D eigenvalue weighted by molar-refractivity contribution is 7.87. The van der Waals surface area contributed by atoms with Gasteiger partial charge in [0.1, 0.15) is 4.90 Å². The van der Waals surface area contributed by atoms with Crippen molar-refractivity contribution < 1.29 is 12.6 Å². The van der Waals surface area contributed by atoms with Gasteiger partial charge in [-0.3, -0.25) is 0 Å². The monoisotopic (exact) mass is 318 g/mol. The van der Waals surface area contributed by atoms with E-state index in [1.807, 2.05) is 0 Å². The molecule has 0 unspecified atom stereocenters. The highest BCUT2D eigenvalue weighted by Gasteiger charge is 2.21. The largest absolute Gasteiger partial charge is 0.396 e. The maximum absolute atomic E-state index is 12.0. The Morgan fingerprint density at radius 1 is 1.21 bits per heavy atom. The number of nitrogens with zero attached hydrogens (tertiary/aromatic N) is 1. The second kappa shape index (κ2) is 5.24. The third kappa shape index (κ3) is 3.09. The van der Waals surface area contributed by atoms with Crippen LogP contribution in [0.25, 0.3) is 0 Å². The second-order valence-corrected chi connectivity index (χ2v) is 5.82. The first kappa shape index (κ1) is 13.9. The predicted octanol–water partition coefficient (Wildman–Crippen LogP) is 2.74. The van der Waals surface area contributed by atoms with Crippen LogP contribution in [0.3, 0.4) is 0 Å². The van der Waals surface area contributed by atoms with Gasteiger partial charge in [-0.15, -0.1) is 0 Å². The van der Waals surface area contributed by atoms with E-state index in [-0.39, 0.29) is 21.5 Å². The van der Waals surface area contributed by atoms with E-state index in [9.17, 15) is 8.42 Å². The van der Waals surface area contributed by atoms with Crippen molar-refractivity contribution in [2.45, 2.75) is 4.90 Å². The second-order valence-electron chi connectivity index (χ2n) is 3.51. The Balaban J connectivity index is 2.40. The molecule has 8 heteroatoms. The third-order valence-electron chi connectivity index (χ3n) is 2.17. The Morgan fingerprint density at radius 3 is 2.58 bits per heavy atom. The fourth-order valence-electron chi connectivity index (χ4n) is 1.32. The van der Waals surface area contributed by atoms with Crippen LogP contribution >= 0.6 is 23.2 Å². The first-order valence-corrected chi connectivity index (χ1v) is 7.16. The lowest BCUT2D eigenvalue weighted by atomic mass is 10.3. The lowest BCUT2D eigenvalue weighted by molar-refractivity contribution is 0.487. The molecule has 0 aliphatic heterocycles. The Bertz CT molecular complexity index is 720. The minimum Gasteiger partial charge on any atom is -0.396 e. The van der Waals surface area contributed by atoms with Crippen LogP contribution in [-0.4, -0.2) is 13.4 Å². The smallest absolute Gasteiger partial charge is 0.342 e. The molecule has 0 aliphatic rings. The molecule has 100 valence electrons. The zero-order valence-corrected chi connectivity index (χ0v) is 11.7. The van der Waals surface area contributed by atoms with Crippen LogP contribution in [0.2, 0.25) is 10.2 Å². The zero-order chi connectivity index (χ0) is 14.0. The van der Waals surface area contributed by atoms with Gasteiger partial charge in [0.25, 0.3) is 0 Å². The van der Waals surface area contributed by atoms with E-state index in [2.05, 4.69) is 4.98 Å². The topological polar surface area (TPSA) is 82.3 Å². The van der Waals surface area contributed by atoms with Crippen molar-refractivity contribution in [3.63, 3.8) is 0 Å². The van der Waals surface area contributed by atoms with Gasteiger partial charge in [-0.1, -0.05) is 23.2 Å². The first-order valence-electron chi connectivity index (χ1n) is 5.00. The van der Waals surface area contributed by atoms with E-state index in [4.69, 9.17) is 33.1 Å². The summed E-state index contributed by atoms with van der Waals surface area (Å²) in [7, 11) is -4.10. The summed E-state index contributed by atoms with van der Waals surface area (Å²) in [6.07, 6.45) is 1.37. The average Bonchev–Trinajstić information content (AvgIpc) is 2.33. The van der Waals surface area contributed by atoms with Gasteiger partial charge < -0.3 is 9.92 Å². The van der Waals surface area contributed by atoms with Gasteiger partial charge in [0, 0.05) is 11.2 Å². The van der Waals surface area contributed by atoms with Gasteiger partial charge in [-0.25, -0.2) is 4.98 Å². The number of anilines is 1. The van der Waals surface area contributed by atoms with Gasteiger partial charge in [-0.05, 0) is 30.3 Å². The molecule has 0 fully saturated rings. The summed E-state index contributed by atoms with van der Waals surface area (Å²) in [5, 5.41) is 0.205. The number of nitrogens with two attached hydrogens (primary N) is 1. The normalized spacial score (nSPS) is 11.3. The van der Waals surface area contributed by atoms with Crippen molar-refractivity contribution in [1.29, 1.82) is 0 Å². The summed E-state index contributed by atoms with van der Waals surface area (Å²) < 4.78 is 29.0. The van der Waals surface area contributed by atoms with Gasteiger partial charge in [0.05, 0.1) is 5.69 Å². The third-order valence-corrected chi connectivity index (χ3v) is 4.08.